The molecule has 0 aliphatic carbocycles. The van der Waals surface area contributed by atoms with Gasteiger partial charge in [0.2, 0.25) is 11.8 Å². The Hall–Kier alpha value is -0.380. The first kappa shape index (κ1) is 11.7. The molecule has 0 aromatic carbocycles. The molecule has 4 heteroatoms. The fourth-order valence-electron chi connectivity index (χ4n) is 1.65. The van der Waals surface area contributed by atoms with Gasteiger partial charge in [0, 0.05) is 12.0 Å². The van der Waals surface area contributed by atoms with Crippen LogP contribution in [0.4, 0.5) is 0 Å². The predicted octanol–water partition coefficient (Wildman–Crippen LogP) is 1.95. The fourth-order valence-corrected chi connectivity index (χ4v) is 1.89. The molecule has 80 valence electrons. The van der Waals surface area contributed by atoms with Crippen LogP contribution in [0, 0.1) is 5.41 Å². The van der Waals surface area contributed by atoms with Crippen molar-refractivity contribution in [3.8, 4) is 0 Å². The molecular formula is C10H16BrNO2. The number of nitrogens with zero attached hydrogens (tertiary/aromatic N) is 1. The number of halogens is 1. The zero-order chi connectivity index (χ0) is 10.9. The molecule has 1 saturated heterocycles. The van der Waals surface area contributed by atoms with Gasteiger partial charge < -0.3 is 0 Å². The number of carbonyl (C=O) groups is 2. The highest BCUT2D eigenvalue weighted by atomic mass is 79.9. The molecule has 0 radical (unpaired) electrons. The number of carbonyl (C=O) groups excluding carboxylic acids is 2. The number of likely N-dealkylation sites (tertiary alicyclic amines) is 1. The van der Waals surface area contributed by atoms with Crippen LogP contribution >= 0.6 is 15.9 Å². The van der Waals surface area contributed by atoms with Crippen molar-refractivity contribution in [2.24, 2.45) is 5.41 Å². The summed E-state index contributed by atoms with van der Waals surface area (Å²) in [6.45, 7) is 6.24. The molecule has 1 fully saturated rings. The van der Waals surface area contributed by atoms with Gasteiger partial charge in [-0.1, -0.05) is 29.8 Å². The number of hydrogen-bond acceptors (Lipinski definition) is 2. The number of imide groups is 1. The van der Waals surface area contributed by atoms with Crippen LogP contribution in [0.5, 0.6) is 0 Å². The minimum absolute atomic E-state index is 0.0173. The van der Waals surface area contributed by atoms with Gasteiger partial charge in [-0.05, 0) is 19.8 Å². The number of amides is 2. The number of hydrogen-bond donors (Lipinski definition) is 0. The first-order valence-corrected chi connectivity index (χ1v) is 5.84. The molecule has 2 unspecified atom stereocenters. The van der Waals surface area contributed by atoms with Crippen molar-refractivity contribution in [3.05, 3.63) is 0 Å². The summed E-state index contributed by atoms with van der Waals surface area (Å²) in [5, 5.41) is 0. The normalized spacial score (nSPS) is 29.4. The lowest BCUT2D eigenvalue weighted by Gasteiger charge is -2.21. The molecule has 1 heterocycles. The van der Waals surface area contributed by atoms with E-state index in [9.17, 15) is 9.59 Å². The van der Waals surface area contributed by atoms with Crippen molar-refractivity contribution in [1.29, 1.82) is 0 Å². The van der Waals surface area contributed by atoms with Gasteiger partial charge in [-0.25, -0.2) is 0 Å². The summed E-state index contributed by atoms with van der Waals surface area (Å²) < 4.78 is 0. The van der Waals surface area contributed by atoms with Crippen molar-refractivity contribution >= 4 is 27.7 Å². The van der Waals surface area contributed by atoms with Gasteiger partial charge in [0.15, 0.2) is 0 Å². The molecular weight excluding hydrogens is 246 g/mol. The van der Waals surface area contributed by atoms with Gasteiger partial charge in [-0.2, -0.15) is 0 Å². The lowest BCUT2D eigenvalue weighted by atomic mass is 9.86. The Labute approximate surface area is 93.0 Å². The summed E-state index contributed by atoms with van der Waals surface area (Å²) in [4.78, 5) is 24.6. The van der Waals surface area contributed by atoms with E-state index in [2.05, 4.69) is 15.9 Å². The second kappa shape index (κ2) is 4.01. The smallest absolute Gasteiger partial charge is 0.242 e. The largest absolute Gasteiger partial charge is 0.281 e. The molecule has 14 heavy (non-hydrogen) atoms. The second-order valence-electron chi connectivity index (χ2n) is 4.08. The molecule has 0 N–H and O–H groups in total. The highest BCUT2D eigenvalue weighted by Gasteiger charge is 2.44. The molecule has 2 atom stereocenters. The third kappa shape index (κ3) is 1.85. The Morgan fingerprint density at radius 3 is 2.64 bits per heavy atom. The molecule has 0 spiro atoms. The van der Waals surface area contributed by atoms with E-state index in [0.717, 1.165) is 12.8 Å². The molecule has 1 aliphatic heterocycles. The average Bonchev–Trinajstić information content (AvgIpc) is 2.44. The minimum atomic E-state index is -0.322. The van der Waals surface area contributed by atoms with Crippen LogP contribution < -0.4 is 0 Å². The van der Waals surface area contributed by atoms with Crippen molar-refractivity contribution in [1.82, 2.24) is 4.90 Å². The first-order valence-electron chi connectivity index (χ1n) is 4.92. The zero-order valence-electron chi connectivity index (χ0n) is 8.84. The summed E-state index contributed by atoms with van der Waals surface area (Å²) in [5.41, 5.74) is -0.322. The van der Waals surface area contributed by atoms with Crippen molar-refractivity contribution < 1.29 is 9.59 Å². The Morgan fingerprint density at radius 2 is 2.29 bits per heavy atom. The van der Waals surface area contributed by atoms with Crippen LogP contribution in [0.25, 0.3) is 0 Å². The lowest BCUT2D eigenvalue weighted by molar-refractivity contribution is -0.145. The molecule has 2 amide bonds. The van der Waals surface area contributed by atoms with Gasteiger partial charge in [0.25, 0.3) is 0 Å². The highest BCUT2D eigenvalue weighted by molar-refractivity contribution is 9.10. The Balaban J connectivity index is 2.79. The van der Waals surface area contributed by atoms with E-state index in [1.807, 2.05) is 13.8 Å². The average molecular weight is 262 g/mol. The van der Waals surface area contributed by atoms with Crippen LogP contribution in [0.2, 0.25) is 0 Å². The van der Waals surface area contributed by atoms with Crippen LogP contribution in [0.3, 0.4) is 0 Å². The summed E-state index contributed by atoms with van der Waals surface area (Å²) in [7, 11) is 0. The standard InChI is InChI=1S/C10H16BrNO2/c1-4-10(3)5-6-12(9(10)14)8(13)7(2)11/h7H,4-6H2,1-3H3. The second-order valence-corrected chi connectivity index (χ2v) is 5.45. The van der Waals surface area contributed by atoms with Crippen molar-refractivity contribution in [3.63, 3.8) is 0 Å². The fraction of sp³-hybridized carbons (Fsp3) is 0.800. The Morgan fingerprint density at radius 1 is 1.71 bits per heavy atom. The maximum Gasteiger partial charge on any atom is 0.242 e. The molecule has 0 saturated carbocycles. The van der Waals surface area contributed by atoms with Gasteiger partial charge >= 0.3 is 0 Å². The van der Waals surface area contributed by atoms with Gasteiger partial charge in [-0.15, -0.1) is 0 Å². The van der Waals surface area contributed by atoms with Crippen LogP contribution in [0.15, 0.2) is 0 Å². The lowest BCUT2D eigenvalue weighted by Crippen LogP contribution is -2.40. The molecule has 0 bridgehead atoms. The number of rotatable bonds is 2. The molecule has 1 aliphatic rings. The van der Waals surface area contributed by atoms with Crippen LogP contribution in [-0.4, -0.2) is 28.1 Å². The Kier molecular flexibility index (Phi) is 3.35. The maximum absolute atomic E-state index is 11.9. The number of alkyl halides is 1. The zero-order valence-corrected chi connectivity index (χ0v) is 10.4. The van der Waals surface area contributed by atoms with E-state index in [-0.39, 0.29) is 22.1 Å². The topological polar surface area (TPSA) is 37.4 Å². The molecule has 3 nitrogen and oxygen atoms in total. The summed E-state index contributed by atoms with van der Waals surface area (Å²) >= 11 is 3.19. The maximum atomic E-state index is 11.9. The van der Waals surface area contributed by atoms with E-state index in [1.165, 1.54) is 4.90 Å². The summed E-state index contributed by atoms with van der Waals surface area (Å²) in [5.74, 6) is -0.136. The summed E-state index contributed by atoms with van der Waals surface area (Å²) in [6.07, 6.45) is 1.58. The van der Waals surface area contributed by atoms with Gasteiger partial charge in [0.05, 0.1) is 4.83 Å². The van der Waals surface area contributed by atoms with E-state index in [0.29, 0.717) is 6.54 Å². The summed E-state index contributed by atoms with van der Waals surface area (Å²) in [6, 6.07) is 0. The van der Waals surface area contributed by atoms with E-state index < -0.39 is 0 Å². The first-order chi connectivity index (χ1) is 6.42. The SMILES string of the molecule is CCC1(C)CCN(C(=O)C(C)Br)C1=O. The predicted molar refractivity (Wildman–Crippen MR) is 58.1 cm³/mol. The van der Waals surface area contributed by atoms with E-state index in [4.69, 9.17) is 0 Å². The van der Waals surface area contributed by atoms with Crippen LogP contribution in [-0.2, 0) is 9.59 Å². The molecule has 0 aromatic heterocycles. The van der Waals surface area contributed by atoms with Crippen LogP contribution in [0.1, 0.15) is 33.6 Å². The highest BCUT2D eigenvalue weighted by Crippen LogP contribution is 2.35. The third-order valence-corrected chi connectivity index (χ3v) is 3.43. The molecule has 0 aromatic rings. The van der Waals surface area contributed by atoms with E-state index >= 15 is 0 Å². The third-order valence-electron chi connectivity index (χ3n) is 3.04. The Bertz CT molecular complexity index is 265. The quantitative estimate of drug-likeness (QED) is 0.713. The van der Waals surface area contributed by atoms with E-state index in [1.54, 1.807) is 6.92 Å². The van der Waals surface area contributed by atoms with Gasteiger partial charge in [0.1, 0.15) is 0 Å². The molecule has 1 rings (SSSR count). The van der Waals surface area contributed by atoms with Gasteiger partial charge in [-0.3, -0.25) is 14.5 Å². The van der Waals surface area contributed by atoms with Crippen molar-refractivity contribution in [2.45, 2.75) is 38.4 Å². The monoisotopic (exact) mass is 261 g/mol. The van der Waals surface area contributed by atoms with Crippen molar-refractivity contribution in [2.75, 3.05) is 6.54 Å². The minimum Gasteiger partial charge on any atom is -0.281 e.